The van der Waals surface area contributed by atoms with Crippen molar-refractivity contribution in [2.24, 2.45) is 0 Å². The minimum Gasteiger partial charge on any atom is -0.380 e. The Hall–Kier alpha value is 0.120. The molecule has 0 aliphatic carbocycles. The first kappa shape index (κ1) is 15.2. The van der Waals surface area contributed by atoms with Crippen molar-refractivity contribution in [3.05, 3.63) is 0 Å². The van der Waals surface area contributed by atoms with Crippen LogP contribution < -0.4 is 10.0 Å². The van der Waals surface area contributed by atoms with E-state index in [4.69, 9.17) is 4.74 Å². The summed E-state index contributed by atoms with van der Waals surface area (Å²) in [6, 6.07) is 0.0562. The van der Waals surface area contributed by atoms with E-state index in [1.807, 2.05) is 0 Å². The summed E-state index contributed by atoms with van der Waals surface area (Å²) in [5.74, 6) is 0. The van der Waals surface area contributed by atoms with Crippen molar-refractivity contribution >= 4 is 22.4 Å². The first-order chi connectivity index (χ1) is 7.68. The zero-order valence-electron chi connectivity index (χ0n) is 9.85. The molecule has 2 N–H and O–H groups in total. The molecule has 2 unspecified atom stereocenters. The van der Waals surface area contributed by atoms with Crippen LogP contribution in [0.5, 0.6) is 0 Å². The number of rotatable bonds is 3. The molecule has 0 aromatic rings. The Morgan fingerprint density at radius 3 is 2.65 bits per heavy atom. The van der Waals surface area contributed by atoms with Crippen LogP contribution in [-0.2, 0) is 14.8 Å². The average molecular weight is 285 g/mol. The highest BCUT2D eigenvalue weighted by atomic mass is 35.5. The minimum absolute atomic E-state index is 0. The zero-order chi connectivity index (χ0) is 11.4. The average Bonchev–Trinajstić information content (AvgIpc) is 2.31. The van der Waals surface area contributed by atoms with Crippen molar-refractivity contribution < 1.29 is 13.2 Å². The van der Waals surface area contributed by atoms with E-state index in [9.17, 15) is 8.42 Å². The summed E-state index contributed by atoms with van der Waals surface area (Å²) in [4.78, 5) is 0. The second-order valence-corrected chi connectivity index (χ2v) is 6.54. The van der Waals surface area contributed by atoms with Gasteiger partial charge in [-0.15, -0.1) is 12.4 Å². The van der Waals surface area contributed by atoms with Gasteiger partial charge >= 0.3 is 0 Å². The van der Waals surface area contributed by atoms with Crippen LogP contribution in [0.15, 0.2) is 0 Å². The van der Waals surface area contributed by atoms with E-state index in [1.54, 1.807) is 0 Å². The molecular weight excluding hydrogens is 264 g/mol. The Kier molecular flexibility index (Phi) is 6.16. The van der Waals surface area contributed by atoms with Crippen molar-refractivity contribution in [1.29, 1.82) is 0 Å². The minimum atomic E-state index is -3.20. The summed E-state index contributed by atoms with van der Waals surface area (Å²) in [6.07, 6.45) is 3.53. The highest BCUT2D eigenvalue weighted by Crippen LogP contribution is 2.15. The van der Waals surface area contributed by atoms with E-state index in [-0.39, 0.29) is 23.7 Å². The first-order valence-electron chi connectivity index (χ1n) is 5.98. The molecule has 0 aromatic heterocycles. The van der Waals surface area contributed by atoms with Crippen LogP contribution in [0.2, 0.25) is 0 Å². The lowest BCUT2D eigenvalue weighted by Gasteiger charge is -2.28. The molecule has 2 rings (SSSR count). The third kappa shape index (κ3) is 4.37. The second-order valence-electron chi connectivity index (χ2n) is 4.55. The highest BCUT2D eigenvalue weighted by Gasteiger charge is 2.30. The molecule has 2 heterocycles. The quantitative estimate of drug-likeness (QED) is 0.780. The number of hydrogen-bond donors (Lipinski definition) is 2. The maximum Gasteiger partial charge on any atom is 0.217 e. The molecule has 5 nitrogen and oxygen atoms in total. The molecule has 2 aliphatic heterocycles. The van der Waals surface area contributed by atoms with Crippen LogP contribution in [0, 0.1) is 0 Å². The molecule has 2 atom stereocenters. The Morgan fingerprint density at radius 1 is 1.24 bits per heavy atom. The van der Waals surface area contributed by atoms with E-state index in [1.165, 1.54) is 0 Å². The van der Waals surface area contributed by atoms with Gasteiger partial charge in [0.15, 0.2) is 0 Å². The third-order valence-electron chi connectivity index (χ3n) is 3.19. The van der Waals surface area contributed by atoms with E-state index in [0.717, 1.165) is 38.8 Å². The van der Waals surface area contributed by atoms with E-state index in [0.29, 0.717) is 13.2 Å². The summed E-state index contributed by atoms with van der Waals surface area (Å²) in [5.41, 5.74) is 0. The van der Waals surface area contributed by atoms with Crippen LogP contribution in [0.25, 0.3) is 0 Å². The maximum absolute atomic E-state index is 12.0. The van der Waals surface area contributed by atoms with Gasteiger partial charge in [0.25, 0.3) is 0 Å². The summed E-state index contributed by atoms with van der Waals surface area (Å²) >= 11 is 0. The molecular formula is C10H21ClN2O3S. The van der Waals surface area contributed by atoms with Gasteiger partial charge in [0.05, 0.1) is 11.9 Å². The smallest absolute Gasteiger partial charge is 0.217 e. The normalized spacial score (nSPS) is 30.6. The molecule has 102 valence electrons. The number of sulfonamides is 1. The van der Waals surface area contributed by atoms with Gasteiger partial charge in [-0.3, -0.25) is 0 Å². The third-order valence-corrected chi connectivity index (χ3v) is 5.10. The monoisotopic (exact) mass is 284 g/mol. The van der Waals surface area contributed by atoms with Gasteiger partial charge < -0.3 is 10.1 Å². The number of halogens is 1. The molecule has 2 saturated heterocycles. The summed E-state index contributed by atoms with van der Waals surface area (Å²) in [5, 5.41) is 2.84. The number of ether oxygens (including phenoxy) is 1. The molecule has 0 radical (unpaired) electrons. The van der Waals surface area contributed by atoms with Gasteiger partial charge in [0.2, 0.25) is 10.0 Å². The van der Waals surface area contributed by atoms with Crippen LogP contribution in [0.3, 0.4) is 0 Å². The first-order valence-corrected chi connectivity index (χ1v) is 7.53. The predicted molar refractivity (Wildman–Crippen MR) is 69.0 cm³/mol. The fourth-order valence-corrected chi connectivity index (χ4v) is 3.85. The number of hydrogen-bond acceptors (Lipinski definition) is 4. The SMILES string of the molecule is Cl.O=S(=O)(NC1CCCNC1)C1CCCOC1. The van der Waals surface area contributed by atoms with Crippen molar-refractivity contribution in [2.75, 3.05) is 26.3 Å². The van der Waals surface area contributed by atoms with Crippen LogP contribution in [0.1, 0.15) is 25.7 Å². The van der Waals surface area contributed by atoms with Crippen molar-refractivity contribution in [3.63, 3.8) is 0 Å². The summed E-state index contributed by atoms with van der Waals surface area (Å²) in [6.45, 7) is 2.77. The van der Waals surface area contributed by atoms with Gasteiger partial charge in [-0.25, -0.2) is 13.1 Å². The largest absolute Gasteiger partial charge is 0.380 e. The lowest BCUT2D eigenvalue weighted by molar-refractivity contribution is 0.0986. The molecule has 17 heavy (non-hydrogen) atoms. The second kappa shape index (κ2) is 6.89. The van der Waals surface area contributed by atoms with Crippen molar-refractivity contribution in [1.82, 2.24) is 10.0 Å². The molecule has 0 spiro atoms. The van der Waals surface area contributed by atoms with Gasteiger partial charge in [0, 0.05) is 19.2 Å². The molecule has 7 heteroatoms. The molecule has 0 saturated carbocycles. The molecule has 0 amide bonds. The van der Waals surface area contributed by atoms with Gasteiger partial charge in [-0.05, 0) is 32.2 Å². The lowest BCUT2D eigenvalue weighted by atomic mass is 10.1. The van der Waals surface area contributed by atoms with Gasteiger partial charge in [0.1, 0.15) is 0 Å². The summed E-state index contributed by atoms with van der Waals surface area (Å²) in [7, 11) is -3.20. The highest BCUT2D eigenvalue weighted by molar-refractivity contribution is 7.90. The van der Waals surface area contributed by atoms with Gasteiger partial charge in [-0.1, -0.05) is 0 Å². The number of piperidine rings is 1. The Labute approximate surface area is 109 Å². The van der Waals surface area contributed by atoms with Crippen molar-refractivity contribution in [2.45, 2.75) is 37.0 Å². The fourth-order valence-electron chi connectivity index (χ4n) is 2.24. The van der Waals surface area contributed by atoms with Crippen LogP contribution in [-0.4, -0.2) is 46.0 Å². The van der Waals surface area contributed by atoms with E-state index < -0.39 is 10.0 Å². The van der Waals surface area contributed by atoms with Crippen LogP contribution in [0.4, 0.5) is 0 Å². The van der Waals surface area contributed by atoms with Crippen molar-refractivity contribution in [3.8, 4) is 0 Å². The molecule has 0 bridgehead atoms. The predicted octanol–water partition coefficient (Wildman–Crippen LogP) is 0.259. The van der Waals surface area contributed by atoms with E-state index >= 15 is 0 Å². The Morgan fingerprint density at radius 2 is 2.06 bits per heavy atom. The van der Waals surface area contributed by atoms with Gasteiger partial charge in [-0.2, -0.15) is 0 Å². The Balaban J connectivity index is 0.00000144. The zero-order valence-corrected chi connectivity index (χ0v) is 11.5. The molecule has 2 fully saturated rings. The molecule has 2 aliphatic rings. The topological polar surface area (TPSA) is 67.4 Å². The Bertz CT molecular complexity index is 312. The standard InChI is InChI=1S/C10H20N2O3S.ClH/c13-16(14,10-4-2-6-15-8-10)12-9-3-1-5-11-7-9;/h9-12H,1-8H2;1H. The van der Waals surface area contributed by atoms with E-state index in [2.05, 4.69) is 10.0 Å². The fraction of sp³-hybridized carbons (Fsp3) is 1.00. The number of nitrogens with one attached hydrogen (secondary N) is 2. The maximum atomic E-state index is 12.0. The van der Waals surface area contributed by atoms with Crippen LogP contribution >= 0.6 is 12.4 Å². The molecule has 0 aromatic carbocycles. The summed E-state index contributed by atoms with van der Waals surface area (Å²) < 4.78 is 32.1. The lowest BCUT2D eigenvalue weighted by Crippen LogP contribution is -2.49.